The van der Waals surface area contributed by atoms with Gasteiger partial charge in [0.2, 0.25) is 0 Å². The fraction of sp³-hybridized carbons (Fsp3) is 0.733. The van der Waals surface area contributed by atoms with Crippen molar-refractivity contribution in [3.63, 3.8) is 0 Å². The molecule has 120 valence electrons. The van der Waals surface area contributed by atoms with Gasteiger partial charge in [0.1, 0.15) is 0 Å². The minimum absolute atomic E-state index is 0. The number of nitrogens with one attached hydrogen (secondary N) is 2. The predicted octanol–water partition coefficient (Wildman–Crippen LogP) is 3.36. The van der Waals surface area contributed by atoms with Crippen LogP contribution in [0.3, 0.4) is 0 Å². The molecule has 0 aromatic carbocycles. The number of hydrogen-bond donors (Lipinski definition) is 2. The standard InChI is InChI=1S/C15H26N4S.HI/c1-3-16-15(18-10-13-7-8-13)17-9-5-4-6-14-19-12(2)11-20-14;/h11,13H,3-10H2,1-2H3,(H2,16,17,18);1H. The number of nitrogens with zero attached hydrogens (tertiary/aromatic N) is 2. The highest BCUT2D eigenvalue weighted by Gasteiger charge is 2.20. The van der Waals surface area contributed by atoms with Crippen molar-refractivity contribution in [2.45, 2.75) is 46.0 Å². The number of aromatic nitrogens is 1. The van der Waals surface area contributed by atoms with Crippen molar-refractivity contribution in [1.29, 1.82) is 0 Å². The zero-order valence-electron chi connectivity index (χ0n) is 13.0. The van der Waals surface area contributed by atoms with Gasteiger partial charge in [0.15, 0.2) is 5.96 Å². The van der Waals surface area contributed by atoms with Crippen LogP contribution >= 0.6 is 35.3 Å². The molecule has 4 nitrogen and oxygen atoms in total. The van der Waals surface area contributed by atoms with Crippen LogP contribution in [0.1, 0.15) is 43.3 Å². The highest BCUT2D eigenvalue weighted by molar-refractivity contribution is 14.0. The third-order valence-corrected chi connectivity index (χ3v) is 4.35. The first-order chi connectivity index (χ1) is 9.78. The summed E-state index contributed by atoms with van der Waals surface area (Å²) in [4.78, 5) is 9.11. The number of halogens is 1. The number of aryl methyl sites for hydroxylation is 2. The van der Waals surface area contributed by atoms with E-state index in [9.17, 15) is 0 Å². The largest absolute Gasteiger partial charge is 0.357 e. The van der Waals surface area contributed by atoms with Crippen LogP contribution in [0.15, 0.2) is 10.4 Å². The number of rotatable bonds is 8. The second-order valence-electron chi connectivity index (χ2n) is 5.43. The third kappa shape index (κ3) is 7.99. The summed E-state index contributed by atoms with van der Waals surface area (Å²) in [5, 5.41) is 10.1. The molecule has 0 spiro atoms. The van der Waals surface area contributed by atoms with Gasteiger partial charge in [-0.05, 0) is 51.9 Å². The van der Waals surface area contributed by atoms with E-state index in [1.54, 1.807) is 11.3 Å². The average Bonchev–Trinajstić information content (AvgIpc) is 3.17. The smallest absolute Gasteiger partial charge is 0.191 e. The molecule has 21 heavy (non-hydrogen) atoms. The third-order valence-electron chi connectivity index (χ3n) is 3.33. The number of hydrogen-bond acceptors (Lipinski definition) is 3. The Kier molecular flexibility index (Phi) is 9.23. The Hall–Kier alpha value is -0.370. The SMILES string of the molecule is CCNC(=NCC1CC1)NCCCCc1nc(C)cs1.I. The fourth-order valence-corrected chi connectivity index (χ4v) is 2.81. The molecule has 0 radical (unpaired) electrons. The maximum absolute atomic E-state index is 4.62. The van der Waals surface area contributed by atoms with Gasteiger partial charge < -0.3 is 10.6 Å². The van der Waals surface area contributed by atoms with Gasteiger partial charge in [-0.15, -0.1) is 35.3 Å². The topological polar surface area (TPSA) is 49.3 Å². The van der Waals surface area contributed by atoms with Crippen molar-refractivity contribution in [2.75, 3.05) is 19.6 Å². The Bertz CT molecular complexity index is 429. The van der Waals surface area contributed by atoms with E-state index in [0.29, 0.717) is 0 Å². The monoisotopic (exact) mass is 422 g/mol. The Morgan fingerprint density at radius 1 is 1.38 bits per heavy atom. The first-order valence-corrected chi connectivity index (χ1v) is 8.59. The van der Waals surface area contributed by atoms with E-state index in [0.717, 1.165) is 50.0 Å². The normalized spacial score (nSPS) is 14.7. The van der Waals surface area contributed by atoms with E-state index in [-0.39, 0.29) is 24.0 Å². The zero-order valence-corrected chi connectivity index (χ0v) is 16.2. The molecule has 0 unspecified atom stereocenters. The van der Waals surface area contributed by atoms with Crippen LogP contribution in [-0.2, 0) is 6.42 Å². The maximum atomic E-state index is 4.62. The molecule has 0 aliphatic heterocycles. The van der Waals surface area contributed by atoms with Crippen molar-refractivity contribution >= 4 is 41.3 Å². The fourth-order valence-electron chi connectivity index (χ4n) is 1.99. The molecule has 2 N–H and O–H groups in total. The van der Waals surface area contributed by atoms with Crippen LogP contribution in [0.5, 0.6) is 0 Å². The lowest BCUT2D eigenvalue weighted by Crippen LogP contribution is -2.38. The summed E-state index contributed by atoms with van der Waals surface area (Å²) in [6, 6.07) is 0. The van der Waals surface area contributed by atoms with Gasteiger partial charge in [-0.3, -0.25) is 4.99 Å². The second-order valence-corrected chi connectivity index (χ2v) is 6.37. The quantitative estimate of drug-likeness (QED) is 0.292. The van der Waals surface area contributed by atoms with Gasteiger partial charge in [0.05, 0.1) is 5.01 Å². The number of unbranched alkanes of at least 4 members (excludes halogenated alkanes) is 1. The Morgan fingerprint density at radius 3 is 2.81 bits per heavy atom. The maximum Gasteiger partial charge on any atom is 0.191 e. The Balaban J connectivity index is 0.00000220. The lowest BCUT2D eigenvalue weighted by Gasteiger charge is -2.10. The summed E-state index contributed by atoms with van der Waals surface area (Å²) in [5.41, 5.74) is 1.14. The van der Waals surface area contributed by atoms with Gasteiger partial charge in [0.25, 0.3) is 0 Å². The van der Waals surface area contributed by atoms with E-state index in [4.69, 9.17) is 0 Å². The molecular formula is C15H27IN4S. The van der Waals surface area contributed by atoms with E-state index >= 15 is 0 Å². The van der Waals surface area contributed by atoms with Crippen LogP contribution in [0, 0.1) is 12.8 Å². The highest BCUT2D eigenvalue weighted by Crippen LogP contribution is 2.28. The average molecular weight is 422 g/mol. The van der Waals surface area contributed by atoms with E-state index in [2.05, 4.69) is 39.8 Å². The molecule has 0 atom stereocenters. The zero-order chi connectivity index (χ0) is 14.2. The molecule has 6 heteroatoms. The summed E-state index contributed by atoms with van der Waals surface area (Å²) in [7, 11) is 0. The summed E-state index contributed by atoms with van der Waals surface area (Å²) in [6.07, 6.45) is 6.15. The molecule has 1 aliphatic carbocycles. The summed E-state index contributed by atoms with van der Waals surface area (Å²) in [6.45, 7) is 7.06. The minimum Gasteiger partial charge on any atom is -0.357 e. The van der Waals surface area contributed by atoms with Crippen LogP contribution in [0.25, 0.3) is 0 Å². The predicted molar refractivity (Wildman–Crippen MR) is 102 cm³/mol. The molecule has 1 aliphatic rings. The van der Waals surface area contributed by atoms with Crippen molar-refractivity contribution in [2.24, 2.45) is 10.9 Å². The molecule has 0 bridgehead atoms. The number of aliphatic imine (C=N–C) groups is 1. The molecule has 0 saturated heterocycles. The summed E-state index contributed by atoms with van der Waals surface area (Å²) in [5.74, 6) is 1.82. The van der Waals surface area contributed by atoms with Crippen LogP contribution in [0.2, 0.25) is 0 Å². The Labute approximate surface area is 149 Å². The first-order valence-electron chi connectivity index (χ1n) is 7.71. The minimum atomic E-state index is 0. The van der Waals surface area contributed by atoms with E-state index in [1.807, 2.05) is 0 Å². The molecular weight excluding hydrogens is 395 g/mol. The Morgan fingerprint density at radius 2 is 2.19 bits per heavy atom. The van der Waals surface area contributed by atoms with Gasteiger partial charge in [-0.2, -0.15) is 0 Å². The lowest BCUT2D eigenvalue weighted by atomic mass is 10.2. The number of thiazole rings is 1. The first kappa shape index (κ1) is 18.7. The molecule has 0 amide bonds. The number of guanidine groups is 1. The van der Waals surface area contributed by atoms with Gasteiger partial charge in [0, 0.05) is 30.7 Å². The van der Waals surface area contributed by atoms with Crippen molar-refractivity contribution in [3.8, 4) is 0 Å². The van der Waals surface area contributed by atoms with Gasteiger partial charge in [-0.25, -0.2) is 4.98 Å². The van der Waals surface area contributed by atoms with Crippen molar-refractivity contribution in [3.05, 3.63) is 16.1 Å². The molecule has 1 aromatic heterocycles. The van der Waals surface area contributed by atoms with Gasteiger partial charge >= 0.3 is 0 Å². The van der Waals surface area contributed by atoms with Crippen LogP contribution in [0.4, 0.5) is 0 Å². The molecule has 1 heterocycles. The summed E-state index contributed by atoms with van der Waals surface area (Å²) >= 11 is 1.77. The summed E-state index contributed by atoms with van der Waals surface area (Å²) < 4.78 is 0. The van der Waals surface area contributed by atoms with Crippen molar-refractivity contribution < 1.29 is 0 Å². The second kappa shape index (κ2) is 10.4. The van der Waals surface area contributed by atoms with E-state index < -0.39 is 0 Å². The molecule has 1 fully saturated rings. The van der Waals surface area contributed by atoms with Crippen LogP contribution < -0.4 is 10.6 Å². The molecule has 1 aromatic rings. The van der Waals surface area contributed by atoms with Gasteiger partial charge in [-0.1, -0.05) is 0 Å². The van der Waals surface area contributed by atoms with Crippen molar-refractivity contribution in [1.82, 2.24) is 15.6 Å². The molecule has 2 rings (SSSR count). The highest BCUT2D eigenvalue weighted by atomic mass is 127. The van der Waals surface area contributed by atoms with Crippen LogP contribution in [-0.4, -0.2) is 30.6 Å². The van der Waals surface area contributed by atoms with E-state index in [1.165, 1.54) is 24.3 Å². The lowest BCUT2D eigenvalue weighted by molar-refractivity contribution is 0.690. The molecule has 1 saturated carbocycles.